The summed E-state index contributed by atoms with van der Waals surface area (Å²) in [6.45, 7) is -0.440. The molecule has 0 spiro atoms. The minimum atomic E-state index is -0.608. The summed E-state index contributed by atoms with van der Waals surface area (Å²) in [7, 11) is 0. The van der Waals surface area contributed by atoms with Crippen molar-refractivity contribution in [3.63, 3.8) is 0 Å². The number of rotatable bonds is 6. The summed E-state index contributed by atoms with van der Waals surface area (Å²) in [4.78, 5) is 38.3. The molecule has 1 N–H and O–H groups in total. The van der Waals surface area contributed by atoms with Gasteiger partial charge in [0.25, 0.3) is 11.5 Å². The van der Waals surface area contributed by atoms with Gasteiger partial charge >= 0.3 is 5.97 Å². The summed E-state index contributed by atoms with van der Waals surface area (Å²) in [6, 6.07) is 26.7. The Morgan fingerprint density at radius 3 is 2.42 bits per heavy atom. The van der Waals surface area contributed by atoms with Crippen LogP contribution in [0.2, 0.25) is 0 Å². The molecule has 1 saturated carbocycles. The zero-order chi connectivity index (χ0) is 27.5. The minimum absolute atomic E-state index is 0.0578. The number of carbonyl (C=O) groups excluding carboxylic acids is 2. The number of nitrogens with one attached hydrogen (secondary N) is 1. The number of hydrogen-bond donors (Lipinski definition) is 1. The zero-order valence-corrected chi connectivity index (χ0v) is 21.8. The molecule has 3 aromatic carbocycles. The summed E-state index contributed by atoms with van der Waals surface area (Å²) in [6.07, 6.45) is 4.79. The molecule has 8 heteroatoms. The van der Waals surface area contributed by atoms with Crippen molar-refractivity contribution >= 4 is 34.4 Å². The Labute approximate surface area is 231 Å². The molecule has 4 aromatic rings. The molecule has 2 aliphatic rings. The van der Waals surface area contributed by atoms with Crippen molar-refractivity contribution in [3.8, 4) is 0 Å². The highest BCUT2D eigenvalue weighted by molar-refractivity contribution is 6.08. The largest absolute Gasteiger partial charge is 0.455 e. The summed E-state index contributed by atoms with van der Waals surface area (Å²) >= 11 is 0. The van der Waals surface area contributed by atoms with E-state index >= 15 is 0 Å². The average molecular weight is 533 g/mol. The van der Waals surface area contributed by atoms with E-state index in [4.69, 9.17) is 9.84 Å². The van der Waals surface area contributed by atoms with Gasteiger partial charge in [0.2, 0.25) is 0 Å². The Balaban J connectivity index is 1.23. The number of esters is 1. The Morgan fingerprint density at radius 1 is 0.950 bits per heavy atom. The number of amides is 1. The molecule has 0 unspecified atom stereocenters. The maximum atomic E-state index is 13.5. The highest BCUT2D eigenvalue weighted by atomic mass is 16.5. The van der Waals surface area contributed by atoms with Gasteiger partial charge in [-0.3, -0.25) is 14.4 Å². The standard InChI is InChI=1S/C32H28N4O4/c37-28(20-40-29(38)19-27-24-15-7-8-16-25(24)32(39)34-33-27)36-31(22-12-5-2-6-13-22)26-17-9-14-23(30(26)35-36)18-21-10-3-1-4-11-21/h1-8,10-13,15-16,18,26,31H,9,14,17,19-20H2,(H,34,39)/b23-18-/t26-,31+/m1/s1. The lowest BCUT2D eigenvalue weighted by atomic mass is 9.77. The number of nitrogens with zero attached hydrogens (tertiary/aromatic N) is 3. The van der Waals surface area contributed by atoms with Crippen LogP contribution < -0.4 is 5.56 Å². The van der Waals surface area contributed by atoms with Gasteiger partial charge in [0, 0.05) is 11.3 Å². The van der Waals surface area contributed by atoms with Gasteiger partial charge in [0.1, 0.15) is 0 Å². The Kier molecular flexibility index (Phi) is 7.06. The van der Waals surface area contributed by atoms with Crippen LogP contribution in [-0.4, -0.2) is 39.4 Å². The Morgan fingerprint density at radius 2 is 1.65 bits per heavy atom. The molecule has 1 fully saturated rings. The Hall–Kier alpha value is -4.85. The predicted molar refractivity (Wildman–Crippen MR) is 152 cm³/mol. The van der Waals surface area contributed by atoms with Crippen molar-refractivity contribution in [2.45, 2.75) is 31.7 Å². The van der Waals surface area contributed by atoms with Crippen molar-refractivity contribution in [1.29, 1.82) is 0 Å². The number of allylic oxidation sites excluding steroid dienone is 1. The number of aromatic nitrogens is 2. The number of carbonyl (C=O) groups is 2. The SMILES string of the molecule is O=C(Cc1n[nH]c(=O)c2ccccc12)OCC(=O)N1N=C2/C(=C\c3ccccc3)CCC[C@H]2[C@@H]1c1ccccc1. The lowest BCUT2D eigenvalue weighted by molar-refractivity contribution is -0.152. The number of hydrogen-bond acceptors (Lipinski definition) is 6. The molecule has 200 valence electrons. The van der Waals surface area contributed by atoms with Crippen molar-refractivity contribution in [1.82, 2.24) is 15.2 Å². The van der Waals surface area contributed by atoms with Gasteiger partial charge in [-0.05, 0) is 48.1 Å². The first-order valence-electron chi connectivity index (χ1n) is 13.4. The van der Waals surface area contributed by atoms with Crippen molar-refractivity contribution in [2.24, 2.45) is 11.0 Å². The van der Waals surface area contributed by atoms with Gasteiger partial charge < -0.3 is 4.74 Å². The number of benzene rings is 3. The van der Waals surface area contributed by atoms with Crippen LogP contribution >= 0.6 is 0 Å². The van der Waals surface area contributed by atoms with Crippen LogP contribution in [0.3, 0.4) is 0 Å². The van der Waals surface area contributed by atoms with Crippen molar-refractivity contribution < 1.29 is 14.3 Å². The second-order valence-electron chi connectivity index (χ2n) is 10.0. The number of aromatic amines is 1. The van der Waals surface area contributed by atoms with E-state index in [-0.39, 0.29) is 29.8 Å². The molecule has 2 atom stereocenters. The van der Waals surface area contributed by atoms with Crippen molar-refractivity contribution in [3.05, 3.63) is 118 Å². The first-order chi connectivity index (χ1) is 19.6. The van der Waals surface area contributed by atoms with E-state index in [1.54, 1.807) is 24.3 Å². The van der Waals surface area contributed by atoms with Gasteiger partial charge in [-0.1, -0.05) is 78.9 Å². The van der Waals surface area contributed by atoms with Crippen LogP contribution in [-0.2, 0) is 20.7 Å². The van der Waals surface area contributed by atoms with E-state index in [9.17, 15) is 14.4 Å². The van der Waals surface area contributed by atoms with Gasteiger partial charge in [-0.15, -0.1) is 0 Å². The third kappa shape index (κ3) is 5.08. The van der Waals surface area contributed by atoms with E-state index in [1.807, 2.05) is 48.5 Å². The number of fused-ring (bicyclic) bond motifs is 2. The normalized spacial score (nSPS) is 19.4. The summed E-state index contributed by atoms with van der Waals surface area (Å²) in [5.41, 5.74) is 4.21. The molecule has 0 saturated heterocycles. The Bertz CT molecular complexity index is 1680. The summed E-state index contributed by atoms with van der Waals surface area (Å²) < 4.78 is 5.41. The van der Waals surface area contributed by atoms with Gasteiger partial charge in [-0.25, -0.2) is 10.1 Å². The molecule has 1 amide bonds. The molecule has 2 heterocycles. The number of H-pyrrole nitrogens is 1. The quantitative estimate of drug-likeness (QED) is 0.358. The number of hydrazone groups is 1. The maximum absolute atomic E-state index is 13.5. The monoisotopic (exact) mass is 532 g/mol. The van der Waals surface area contributed by atoms with E-state index in [0.29, 0.717) is 16.5 Å². The highest BCUT2D eigenvalue weighted by Gasteiger charge is 2.43. The lowest BCUT2D eigenvalue weighted by Gasteiger charge is -2.29. The molecule has 0 radical (unpaired) electrons. The molecule has 8 nitrogen and oxygen atoms in total. The molecule has 1 aliphatic heterocycles. The molecule has 1 aliphatic carbocycles. The molecule has 6 rings (SSSR count). The molecule has 40 heavy (non-hydrogen) atoms. The lowest BCUT2D eigenvalue weighted by Crippen LogP contribution is -2.34. The van der Waals surface area contributed by atoms with E-state index in [1.165, 1.54) is 5.01 Å². The summed E-state index contributed by atoms with van der Waals surface area (Å²) in [5, 5.41) is 13.8. The second-order valence-corrected chi connectivity index (χ2v) is 10.0. The first kappa shape index (κ1) is 25.4. The molecule has 0 bridgehead atoms. The van der Waals surface area contributed by atoms with Crippen LogP contribution in [0.4, 0.5) is 0 Å². The topological polar surface area (TPSA) is 105 Å². The van der Waals surface area contributed by atoms with Crippen LogP contribution in [0.25, 0.3) is 16.8 Å². The summed E-state index contributed by atoms with van der Waals surface area (Å²) in [5.74, 6) is -0.937. The smallest absolute Gasteiger partial charge is 0.312 e. The van der Waals surface area contributed by atoms with Crippen molar-refractivity contribution in [2.75, 3.05) is 6.61 Å². The zero-order valence-electron chi connectivity index (χ0n) is 21.8. The van der Waals surface area contributed by atoms with E-state index in [2.05, 4.69) is 28.4 Å². The molecular weight excluding hydrogens is 504 g/mol. The van der Waals surface area contributed by atoms with Gasteiger partial charge in [0.05, 0.1) is 29.3 Å². The predicted octanol–water partition coefficient (Wildman–Crippen LogP) is 4.83. The maximum Gasteiger partial charge on any atom is 0.312 e. The average Bonchev–Trinajstić information content (AvgIpc) is 3.39. The third-order valence-corrected chi connectivity index (χ3v) is 7.48. The highest BCUT2D eigenvalue weighted by Crippen LogP contribution is 2.44. The first-order valence-corrected chi connectivity index (χ1v) is 13.4. The fraction of sp³-hybridized carbons (Fsp3) is 0.219. The van der Waals surface area contributed by atoms with Crippen LogP contribution in [0.15, 0.2) is 100 Å². The fourth-order valence-corrected chi connectivity index (χ4v) is 5.64. The minimum Gasteiger partial charge on any atom is -0.455 e. The van der Waals surface area contributed by atoms with Gasteiger partial charge in [0.15, 0.2) is 6.61 Å². The third-order valence-electron chi connectivity index (χ3n) is 7.48. The van der Waals surface area contributed by atoms with E-state index < -0.39 is 12.6 Å². The van der Waals surface area contributed by atoms with Gasteiger partial charge in [-0.2, -0.15) is 10.2 Å². The molecule has 1 aromatic heterocycles. The molecular formula is C32H28N4O4. The van der Waals surface area contributed by atoms with Crippen LogP contribution in [0.5, 0.6) is 0 Å². The fourth-order valence-electron chi connectivity index (χ4n) is 5.64. The van der Waals surface area contributed by atoms with E-state index in [0.717, 1.165) is 41.7 Å². The van der Waals surface area contributed by atoms with Crippen LogP contribution in [0.1, 0.15) is 42.1 Å². The second kappa shape index (κ2) is 11.1. The van der Waals surface area contributed by atoms with Crippen LogP contribution in [0, 0.1) is 5.92 Å². The number of ether oxygens (including phenoxy) is 1.